The minimum absolute atomic E-state index is 0.0357. The largest absolute Gasteiger partial charge is 0.355 e. The molecule has 1 unspecified atom stereocenters. The van der Waals surface area contributed by atoms with Gasteiger partial charge in [-0.1, -0.05) is 79.7 Å². The van der Waals surface area contributed by atoms with Crippen molar-refractivity contribution in [3.63, 3.8) is 0 Å². The highest BCUT2D eigenvalue weighted by molar-refractivity contribution is 5.80. The van der Waals surface area contributed by atoms with Crippen LogP contribution in [0.1, 0.15) is 36.2 Å². The van der Waals surface area contributed by atoms with Gasteiger partial charge in [0.05, 0.1) is 17.4 Å². The third-order valence-corrected chi connectivity index (χ3v) is 6.31. The first-order chi connectivity index (χ1) is 17.1. The van der Waals surface area contributed by atoms with Crippen LogP contribution in [0.2, 0.25) is 0 Å². The molecule has 0 radical (unpaired) electrons. The van der Waals surface area contributed by atoms with Crippen molar-refractivity contribution >= 4 is 22.6 Å². The molecule has 1 amide bonds. The number of amides is 1. The van der Waals surface area contributed by atoms with E-state index in [-0.39, 0.29) is 23.8 Å². The predicted molar refractivity (Wildman–Crippen MR) is 136 cm³/mol. The number of nitrogens with one attached hydrogen (secondary N) is 1. The highest BCUT2D eigenvalue weighted by Gasteiger charge is 2.17. The molecule has 176 valence electrons. The van der Waals surface area contributed by atoms with Crippen molar-refractivity contribution in [1.82, 2.24) is 24.5 Å². The van der Waals surface area contributed by atoms with Gasteiger partial charge in [-0.25, -0.2) is 0 Å². The highest BCUT2D eigenvalue weighted by atomic mass is 16.1. The summed E-state index contributed by atoms with van der Waals surface area (Å²) in [5.74, 6) is 1.33. The second-order valence-electron chi connectivity index (χ2n) is 8.76. The fourth-order valence-corrected chi connectivity index (χ4v) is 4.36. The molecule has 0 saturated heterocycles. The quantitative estimate of drug-likeness (QED) is 0.376. The van der Waals surface area contributed by atoms with Gasteiger partial charge in [-0.05, 0) is 29.2 Å². The summed E-state index contributed by atoms with van der Waals surface area (Å²) in [5.41, 5.74) is 2.83. The fraction of sp³-hybridized carbons (Fsp3) is 0.214. The molecule has 2 heterocycles. The molecular weight excluding hydrogens is 438 g/mol. The molecule has 0 aliphatic rings. The molecule has 0 bridgehead atoms. The Bertz CT molecular complexity index is 1520. The zero-order chi connectivity index (χ0) is 24.2. The number of aromatic nitrogens is 4. The number of carbonyl (C=O) groups excluding carboxylic acids is 1. The molecule has 35 heavy (non-hydrogen) atoms. The first-order valence-corrected chi connectivity index (χ1v) is 11.8. The Morgan fingerprint density at radius 1 is 0.914 bits per heavy atom. The van der Waals surface area contributed by atoms with E-state index in [0.29, 0.717) is 36.5 Å². The van der Waals surface area contributed by atoms with Gasteiger partial charge in [0, 0.05) is 19.4 Å². The van der Waals surface area contributed by atoms with E-state index < -0.39 is 0 Å². The Hall–Kier alpha value is -4.26. The van der Waals surface area contributed by atoms with E-state index in [9.17, 15) is 9.59 Å². The SMILES string of the molecule is CC(CNC(=O)CCc1nnc2n(Cc3ccccc3)c(=O)c3ccccc3n12)c1ccccc1. The number of hydrogen-bond donors (Lipinski definition) is 1. The Labute approximate surface area is 203 Å². The molecule has 0 fully saturated rings. The number of aryl methyl sites for hydroxylation is 1. The molecule has 3 aromatic carbocycles. The lowest BCUT2D eigenvalue weighted by atomic mass is 10.0. The first-order valence-electron chi connectivity index (χ1n) is 11.8. The van der Waals surface area contributed by atoms with Crippen LogP contribution in [0.3, 0.4) is 0 Å². The Morgan fingerprint density at radius 3 is 2.37 bits per heavy atom. The van der Waals surface area contributed by atoms with E-state index in [1.54, 1.807) is 4.57 Å². The second kappa shape index (κ2) is 9.93. The van der Waals surface area contributed by atoms with Crippen molar-refractivity contribution < 1.29 is 4.79 Å². The van der Waals surface area contributed by atoms with Gasteiger partial charge in [0.1, 0.15) is 5.82 Å². The summed E-state index contributed by atoms with van der Waals surface area (Å²) in [5, 5.41) is 12.4. The van der Waals surface area contributed by atoms with E-state index in [1.807, 2.05) is 77.2 Å². The van der Waals surface area contributed by atoms with Crippen molar-refractivity contribution in [2.45, 2.75) is 32.2 Å². The number of nitrogens with zero attached hydrogens (tertiary/aromatic N) is 4. The van der Waals surface area contributed by atoms with Gasteiger partial charge >= 0.3 is 0 Å². The molecule has 7 nitrogen and oxygen atoms in total. The normalized spacial score (nSPS) is 12.1. The minimum Gasteiger partial charge on any atom is -0.355 e. The maximum atomic E-state index is 13.3. The lowest BCUT2D eigenvalue weighted by Crippen LogP contribution is -2.28. The van der Waals surface area contributed by atoms with Gasteiger partial charge in [0.25, 0.3) is 5.56 Å². The fourth-order valence-electron chi connectivity index (χ4n) is 4.36. The van der Waals surface area contributed by atoms with E-state index in [0.717, 1.165) is 11.1 Å². The Morgan fingerprint density at radius 2 is 1.60 bits per heavy atom. The van der Waals surface area contributed by atoms with Crippen molar-refractivity contribution in [2.75, 3.05) is 6.54 Å². The van der Waals surface area contributed by atoms with Crippen LogP contribution in [0.5, 0.6) is 0 Å². The number of benzene rings is 3. The highest BCUT2D eigenvalue weighted by Crippen LogP contribution is 2.17. The molecule has 1 atom stereocenters. The van der Waals surface area contributed by atoms with Crippen LogP contribution in [0.4, 0.5) is 0 Å². The van der Waals surface area contributed by atoms with Crippen LogP contribution in [0, 0.1) is 0 Å². The molecule has 2 aromatic heterocycles. The molecule has 5 aromatic rings. The number of para-hydroxylation sites is 1. The van der Waals surface area contributed by atoms with E-state index in [4.69, 9.17) is 0 Å². The van der Waals surface area contributed by atoms with Crippen molar-refractivity contribution in [3.05, 3.63) is 112 Å². The summed E-state index contributed by atoms with van der Waals surface area (Å²) in [4.78, 5) is 25.9. The number of hydrogen-bond acceptors (Lipinski definition) is 4. The molecule has 0 aliphatic heterocycles. The van der Waals surface area contributed by atoms with Crippen molar-refractivity contribution in [1.29, 1.82) is 0 Å². The molecular formula is C28H27N5O2. The molecule has 5 rings (SSSR count). The summed E-state index contributed by atoms with van der Waals surface area (Å²) in [6.45, 7) is 3.06. The van der Waals surface area contributed by atoms with Gasteiger partial charge in [0.15, 0.2) is 0 Å². The van der Waals surface area contributed by atoms with Crippen LogP contribution >= 0.6 is 0 Å². The third kappa shape index (κ3) is 4.71. The van der Waals surface area contributed by atoms with Crippen LogP contribution in [0.25, 0.3) is 16.7 Å². The van der Waals surface area contributed by atoms with Gasteiger partial charge in [-0.15, -0.1) is 10.2 Å². The third-order valence-electron chi connectivity index (χ3n) is 6.31. The number of rotatable bonds is 8. The average molecular weight is 466 g/mol. The van der Waals surface area contributed by atoms with E-state index in [1.165, 1.54) is 5.56 Å². The molecule has 1 N–H and O–H groups in total. The molecule has 0 aliphatic carbocycles. The standard InChI is InChI=1S/C28H27N5O2/c1-20(22-12-6-3-7-13-22)18-29-26(34)17-16-25-30-31-28-32(19-21-10-4-2-5-11-21)27(35)23-14-8-9-15-24(23)33(25)28/h2-15,20H,16-19H2,1H3,(H,29,34). The maximum Gasteiger partial charge on any atom is 0.263 e. The maximum absolute atomic E-state index is 13.3. The van der Waals surface area contributed by atoms with Crippen molar-refractivity contribution in [3.8, 4) is 0 Å². The van der Waals surface area contributed by atoms with Gasteiger partial charge < -0.3 is 5.32 Å². The monoisotopic (exact) mass is 465 g/mol. The molecule has 0 spiro atoms. The minimum atomic E-state index is -0.108. The summed E-state index contributed by atoms with van der Waals surface area (Å²) >= 11 is 0. The van der Waals surface area contributed by atoms with E-state index in [2.05, 4.69) is 34.6 Å². The molecule has 7 heteroatoms. The summed E-state index contributed by atoms with van der Waals surface area (Å²) in [6, 6.07) is 27.4. The topological polar surface area (TPSA) is 81.3 Å². The van der Waals surface area contributed by atoms with Gasteiger partial charge in [-0.3, -0.25) is 18.6 Å². The zero-order valence-electron chi connectivity index (χ0n) is 19.6. The van der Waals surface area contributed by atoms with Gasteiger partial charge in [-0.2, -0.15) is 0 Å². The Kier molecular flexibility index (Phi) is 6.39. The first kappa shape index (κ1) is 22.5. The molecule has 0 saturated carbocycles. The number of fused-ring (bicyclic) bond motifs is 3. The van der Waals surface area contributed by atoms with Crippen molar-refractivity contribution in [2.24, 2.45) is 0 Å². The summed E-state index contributed by atoms with van der Waals surface area (Å²) in [7, 11) is 0. The van der Waals surface area contributed by atoms with Crippen LogP contribution < -0.4 is 10.9 Å². The average Bonchev–Trinajstić information content (AvgIpc) is 3.33. The zero-order valence-corrected chi connectivity index (χ0v) is 19.6. The number of carbonyl (C=O) groups is 1. The summed E-state index contributed by atoms with van der Waals surface area (Å²) < 4.78 is 3.55. The van der Waals surface area contributed by atoms with E-state index >= 15 is 0 Å². The Balaban J connectivity index is 1.39. The smallest absolute Gasteiger partial charge is 0.263 e. The van der Waals surface area contributed by atoms with Gasteiger partial charge in [0.2, 0.25) is 11.7 Å². The lowest BCUT2D eigenvalue weighted by molar-refractivity contribution is -0.121. The lowest BCUT2D eigenvalue weighted by Gasteiger charge is -2.13. The predicted octanol–water partition coefficient (Wildman–Crippen LogP) is 3.95. The van der Waals surface area contributed by atoms with Crippen LogP contribution in [-0.2, 0) is 17.8 Å². The van der Waals surface area contributed by atoms with Crippen LogP contribution in [-0.4, -0.2) is 31.6 Å². The van der Waals surface area contributed by atoms with Crippen LogP contribution in [0.15, 0.2) is 89.7 Å². The second-order valence-corrected chi connectivity index (χ2v) is 8.76. The summed E-state index contributed by atoms with van der Waals surface area (Å²) in [6.07, 6.45) is 0.703.